The summed E-state index contributed by atoms with van der Waals surface area (Å²) in [6.45, 7) is 6.18. The maximum absolute atomic E-state index is 12.8. The Bertz CT molecular complexity index is 641. The van der Waals surface area contributed by atoms with Gasteiger partial charge in [-0.1, -0.05) is 12.1 Å². The van der Waals surface area contributed by atoms with Gasteiger partial charge in [0, 0.05) is 25.7 Å². The molecular weight excluding hydrogens is 295 g/mol. The predicted molar refractivity (Wildman–Crippen MR) is 88.0 cm³/mol. The average molecular weight is 316 g/mol. The molecule has 1 amide bonds. The molecular formula is C17H21FN4O. The van der Waals surface area contributed by atoms with E-state index in [2.05, 4.69) is 20.2 Å². The molecule has 1 heterocycles. The molecule has 1 N–H and O–H groups in total. The Labute approximate surface area is 135 Å². The number of amides is 1. The first-order chi connectivity index (χ1) is 11.1. The Morgan fingerprint density at radius 2 is 1.87 bits per heavy atom. The van der Waals surface area contributed by atoms with E-state index in [4.69, 9.17) is 0 Å². The monoisotopic (exact) mass is 316 g/mol. The third kappa shape index (κ3) is 4.74. The summed E-state index contributed by atoms with van der Waals surface area (Å²) in [7, 11) is 0. The zero-order valence-corrected chi connectivity index (χ0v) is 13.4. The summed E-state index contributed by atoms with van der Waals surface area (Å²) in [6, 6.07) is 7.95. The highest BCUT2D eigenvalue weighted by Gasteiger charge is 2.10. The normalized spacial score (nSPS) is 10.4. The highest BCUT2D eigenvalue weighted by Crippen LogP contribution is 2.10. The summed E-state index contributed by atoms with van der Waals surface area (Å²) in [6.07, 6.45) is 2.04. The highest BCUT2D eigenvalue weighted by atomic mass is 19.1. The molecule has 0 aliphatic heterocycles. The van der Waals surface area contributed by atoms with Crippen molar-refractivity contribution in [2.24, 2.45) is 0 Å². The van der Waals surface area contributed by atoms with Gasteiger partial charge in [0.1, 0.15) is 23.7 Å². The number of hydrogen-bond donors (Lipinski definition) is 1. The number of carbonyl (C=O) groups excluding carboxylic acids is 1. The van der Waals surface area contributed by atoms with E-state index in [0.717, 1.165) is 24.5 Å². The highest BCUT2D eigenvalue weighted by molar-refractivity contribution is 5.92. The fourth-order valence-corrected chi connectivity index (χ4v) is 2.25. The zero-order chi connectivity index (χ0) is 16.7. The Morgan fingerprint density at radius 1 is 1.17 bits per heavy atom. The van der Waals surface area contributed by atoms with Gasteiger partial charge in [0.25, 0.3) is 5.91 Å². The van der Waals surface area contributed by atoms with Crippen molar-refractivity contribution in [3.8, 4) is 0 Å². The first-order valence-electron chi connectivity index (χ1n) is 7.73. The lowest BCUT2D eigenvalue weighted by Crippen LogP contribution is -2.28. The van der Waals surface area contributed by atoms with Gasteiger partial charge in [-0.2, -0.15) is 0 Å². The van der Waals surface area contributed by atoms with E-state index in [1.165, 1.54) is 18.5 Å². The number of rotatable bonds is 7. The number of carbonyl (C=O) groups is 1. The minimum Gasteiger partial charge on any atom is -0.357 e. The molecule has 23 heavy (non-hydrogen) atoms. The van der Waals surface area contributed by atoms with Gasteiger partial charge < -0.3 is 10.2 Å². The van der Waals surface area contributed by atoms with Gasteiger partial charge >= 0.3 is 0 Å². The van der Waals surface area contributed by atoms with Crippen molar-refractivity contribution < 1.29 is 9.18 Å². The number of nitrogens with zero attached hydrogens (tertiary/aromatic N) is 3. The van der Waals surface area contributed by atoms with Crippen LogP contribution in [-0.2, 0) is 6.42 Å². The molecule has 0 saturated carbocycles. The van der Waals surface area contributed by atoms with Gasteiger partial charge in [0.05, 0.1) is 0 Å². The van der Waals surface area contributed by atoms with Crippen LogP contribution in [0, 0.1) is 5.82 Å². The van der Waals surface area contributed by atoms with E-state index in [-0.39, 0.29) is 11.7 Å². The largest absolute Gasteiger partial charge is 0.357 e. The number of benzene rings is 1. The van der Waals surface area contributed by atoms with Crippen LogP contribution in [-0.4, -0.2) is 35.5 Å². The minimum absolute atomic E-state index is 0.233. The fourth-order valence-electron chi connectivity index (χ4n) is 2.25. The van der Waals surface area contributed by atoms with Crippen molar-refractivity contribution in [1.29, 1.82) is 0 Å². The van der Waals surface area contributed by atoms with Crippen LogP contribution in [0.25, 0.3) is 0 Å². The zero-order valence-electron chi connectivity index (χ0n) is 13.4. The fraction of sp³-hybridized carbons (Fsp3) is 0.353. The summed E-state index contributed by atoms with van der Waals surface area (Å²) in [4.78, 5) is 22.4. The Kier molecular flexibility index (Phi) is 6.02. The third-order valence-electron chi connectivity index (χ3n) is 3.59. The molecule has 2 rings (SSSR count). The molecule has 0 atom stereocenters. The van der Waals surface area contributed by atoms with E-state index in [0.29, 0.717) is 18.7 Å². The van der Waals surface area contributed by atoms with Gasteiger partial charge in [-0.3, -0.25) is 4.79 Å². The molecule has 122 valence electrons. The van der Waals surface area contributed by atoms with Crippen LogP contribution in [0.1, 0.15) is 29.9 Å². The molecule has 1 aromatic carbocycles. The summed E-state index contributed by atoms with van der Waals surface area (Å²) in [5.74, 6) is 0.249. The SMILES string of the molecule is CCN(CC)c1cc(C(=O)NCCc2ccc(F)cc2)ncn1. The van der Waals surface area contributed by atoms with Crippen molar-refractivity contribution in [2.75, 3.05) is 24.5 Å². The average Bonchev–Trinajstić information content (AvgIpc) is 2.58. The molecule has 0 spiro atoms. The Balaban J connectivity index is 1.92. The summed E-state index contributed by atoms with van der Waals surface area (Å²) >= 11 is 0. The van der Waals surface area contributed by atoms with Crippen LogP contribution in [0.2, 0.25) is 0 Å². The Hall–Kier alpha value is -2.50. The number of halogens is 1. The van der Waals surface area contributed by atoms with E-state index < -0.39 is 0 Å². The lowest BCUT2D eigenvalue weighted by molar-refractivity contribution is 0.0949. The van der Waals surface area contributed by atoms with E-state index >= 15 is 0 Å². The molecule has 0 aliphatic carbocycles. The number of anilines is 1. The van der Waals surface area contributed by atoms with Crippen LogP contribution in [0.4, 0.5) is 10.2 Å². The molecule has 0 bridgehead atoms. The summed E-state index contributed by atoms with van der Waals surface area (Å²) < 4.78 is 12.8. The van der Waals surface area contributed by atoms with E-state index in [9.17, 15) is 9.18 Å². The molecule has 6 heteroatoms. The third-order valence-corrected chi connectivity index (χ3v) is 3.59. The molecule has 1 aromatic heterocycles. The van der Waals surface area contributed by atoms with Gasteiger partial charge in [-0.25, -0.2) is 14.4 Å². The maximum atomic E-state index is 12.8. The van der Waals surface area contributed by atoms with Gasteiger partial charge in [-0.05, 0) is 38.0 Å². The molecule has 0 saturated heterocycles. The van der Waals surface area contributed by atoms with E-state index in [1.807, 2.05) is 13.8 Å². The van der Waals surface area contributed by atoms with Gasteiger partial charge in [0.15, 0.2) is 0 Å². The minimum atomic E-state index is -0.261. The first-order valence-corrected chi connectivity index (χ1v) is 7.73. The quantitative estimate of drug-likeness (QED) is 0.852. The molecule has 2 aromatic rings. The van der Waals surface area contributed by atoms with Crippen molar-refractivity contribution in [3.63, 3.8) is 0 Å². The van der Waals surface area contributed by atoms with Crippen LogP contribution < -0.4 is 10.2 Å². The standard InChI is InChI=1S/C17H21FN4O/c1-3-22(4-2)16-11-15(20-12-21-16)17(23)19-10-9-13-5-7-14(18)8-6-13/h5-8,11-12H,3-4,9-10H2,1-2H3,(H,19,23). The molecule has 0 radical (unpaired) electrons. The second-order valence-electron chi connectivity index (χ2n) is 5.07. The second-order valence-corrected chi connectivity index (χ2v) is 5.07. The summed E-state index contributed by atoms with van der Waals surface area (Å²) in [5.41, 5.74) is 1.32. The second kappa shape index (κ2) is 8.22. The lowest BCUT2D eigenvalue weighted by Gasteiger charge is -2.19. The van der Waals surface area contributed by atoms with Gasteiger partial charge in [-0.15, -0.1) is 0 Å². The smallest absolute Gasteiger partial charge is 0.270 e. The molecule has 5 nitrogen and oxygen atoms in total. The van der Waals surface area contributed by atoms with Crippen molar-refractivity contribution in [1.82, 2.24) is 15.3 Å². The Morgan fingerprint density at radius 3 is 2.52 bits per heavy atom. The molecule has 0 aliphatic rings. The van der Waals surface area contributed by atoms with Gasteiger partial charge in [0.2, 0.25) is 0 Å². The van der Waals surface area contributed by atoms with Crippen molar-refractivity contribution in [3.05, 3.63) is 53.7 Å². The van der Waals surface area contributed by atoms with Crippen LogP contribution in [0.5, 0.6) is 0 Å². The molecule has 0 fully saturated rings. The van der Waals surface area contributed by atoms with Crippen LogP contribution >= 0.6 is 0 Å². The lowest BCUT2D eigenvalue weighted by atomic mass is 10.1. The predicted octanol–water partition coefficient (Wildman–Crippen LogP) is 2.43. The van der Waals surface area contributed by atoms with Crippen molar-refractivity contribution >= 4 is 11.7 Å². The van der Waals surface area contributed by atoms with Crippen LogP contribution in [0.3, 0.4) is 0 Å². The summed E-state index contributed by atoms with van der Waals surface area (Å²) in [5, 5.41) is 2.82. The maximum Gasteiger partial charge on any atom is 0.270 e. The van der Waals surface area contributed by atoms with Crippen LogP contribution in [0.15, 0.2) is 36.7 Å². The first kappa shape index (κ1) is 16.9. The number of hydrogen-bond acceptors (Lipinski definition) is 4. The number of aromatic nitrogens is 2. The number of nitrogens with one attached hydrogen (secondary N) is 1. The van der Waals surface area contributed by atoms with Crippen molar-refractivity contribution in [2.45, 2.75) is 20.3 Å². The molecule has 0 unspecified atom stereocenters. The van der Waals surface area contributed by atoms with E-state index in [1.54, 1.807) is 18.2 Å². The topological polar surface area (TPSA) is 58.1 Å².